The molecule has 2 heterocycles. The summed E-state index contributed by atoms with van der Waals surface area (Å²) in [6.07, 6.45) is 0. The highest BCUT2D eigenvalue weighted by molar-refractivity contribution is 6.30. The molecule has 1 saturated heterocycles. The second kappa shape index (κ2) is 10.3. The Morgan fingerprint density at radius 3 is 2.42 bits per heavy atom. The Balaban J connectivity index is 1.50. The van der Waals surface area contributed by atoms with E-state index < -0.39 is 24.0 Å². The Labute approximate surface area is 197 Å². The van der Waals surface area contributed by atoms with Crippen molar-refractivity contribution in [2.45, 2.75) is 13.0 Å². The third-order valence-electron chi connectivity index (χ3n) is 5.94. The van der Waals surface area contributed by atoms with Crippen LogP contribution in [0.1, 0.15) is 18.5 Å². The largest absolute Gasteiger partial charge is 0.465 e. The molecule has 2 unspecified atom stereocenters. The highest BCUT2D eigenvalue weighted by Gasteiger charge is 2.40. The van der Waals surface area contributed by atoms with Crippen LogP contribution in [-0.2, 0) is 9.53 Å². The summed E-state index contributed by atoms with van der Waals surface area (Å²) in [5.74, 6) is -1.62. The first-order valence-corrected chi connectivity index (χ1v) is 11.4. The van der Waals surface area contributed by atoms with Gasteiger partial charge in [0.2, 0.25) is 0 Å². The third-order valence-corrected chi connectivity index (χ3v) is 6.19. The molecule has 7 nitrogen and oxygen atoms in total. The van der Waals surface area contributed by atoms with Crippen LogP contribution < -0.4 is 10.2 Å². The molecule has 1 N–H and O–H groups in total. The van der Waals surface area contributed by atoms with Crippen LogP contribution in [0.4, 0.5) is 14.9 Å². The standard InChI is InChI=1S/C24H26ClFN4O3/c1-2-33-23(31)21-20(27-24(32)28-22(21)16-3-7-18(26)8-4-16)15-29-11-13-30(14-12-29)19-9-5-17(25)6-10-19/h3-10,21-22H,2,11-15H2,1H3,(H,28,32). The van der Waals surface area contributed by atoms with Crippen molar-refractivity contribution in [2.75, 3.05) is 44.2 Å². The number of benzene rings is 2. The number of rotatable bonds is 6. The van der Waals surface area contributed by atoms with Crippen molar-refractivity contribution in [1.29, 1.82) is 0 Å². The summed E-state index contributed by atoms with van der Waals surface area (Å²) in [5.41, 5.74) is 2.20. The number of halogens is 2. The predicted molar refractivity (Wildman–Crippen MR) is 125 cm³/mol. The van der Waals surface area contributed by atoms with Gasteiger partial charge in [-0.2, -0.15) is 0 Å². The van der Waals surface area contributed by atoms with Gasteiger partial charge in [-0.15, -0.1) is 0 Å². The molecule has 2 aromatic rings. The molecule has 2 aromatic carbocycles. The fourth-order valence-electron chi connectivity index (χ4n) is 4.27. The van der Waals surface area contributed by atoms with Crippen LogP contribution in [0.25, 0.3) is 0 Å². The second-order valence-corrected chi connectivity index (χ2v) is 8.49. The maximum Gasteiger partial charge on any atom is 0.341 e. The van der Waals surface area contributed by atoms with Gasteiger partial charge in [-0.1, -0.05) is 23.7 Å². The lowest BCUT2D eigenvalue weighted by Gasteiger charge is -2.38. The van der Waals surface area contributed by atoms with Gasteiger partial charge in [0.15, 0.2) is 0 Å². The summed E-state index contributed by atoms with van der Waals surface area (Å²) in [6, 6.07) is 12.3. The summed E-state index contributed by atoms with van der Waals surface area (Å²) in [7, 11) is 0. The van der Waals surface area contributed by atoms with E-state index in [2.05, 4.69) is 20.1 Å². The topological polar surface area (TPSA) is 74.2 Å². The maximum atomic E-state index is 13.4. The van der Waals surface area contributed by atoms with E-state index in [9.17, 15) is 14.0 Å². The van der Waals surface area contributed by atoms with Crippen molar-refractivity contribution in [1.82, 2.24) is 10.2 Å². The maximum absolute atomic E-state index is 13.4. The zero-order chi connectivity index (χ0) is 23.4. The van der Waals surface area contributed by atoms with Crippen LogP contribution >= 0.6 is 11.6 Å². The molecule has 0 saturated carbocycles. The Morgan fingerprint density at radius 2 is 1.79 bits per heavy atom. The van der Waals surface area contributed by atoms with E-state index in [1.54, 1.807) is 19.1 Å². The molecule has 2 aliphatic rings. The lowest BCUT2D eigenvalue weighted by Crippen LogP contribution is -2.52. The van der Waals surface area contributed by atoms with E-state index in [4.69, 9.17) is 16.3 Å². The van der Waals surface area contributed by atoms with Gasteiger partial charge in [0.1, 0.15) is 11.7 Å². The Morgan fingerprint density at radius 1 is 1.12 bits per heavy atom. The minimum atomic E-state index is -0.776. The van der Waals surface area contributed by atoms with E-state index in [1.807, 2.05) is 24.3 Å². The van der Waals surface area contributed by atoms with Crippen LogP contribution in [0.15, 0.2) is 53.5 Å². The molecule has 0 aliphatic carbocycles. The molecule has 0 spiro atoms. The molecule has 2 atom stereocenters. The average Bonchev–Trinajstić information content (AvgIpc) is 2.80. The van der Waals surface area contributed by atoms with Gasteiger partial charge >= 0.3 is 12.0 Å². The fourth-order valence-corrected chi connectivity index (χ4v) is 4.40. The van der Waals surface area contributed by atoms with Crippen LogP contribution in [0.3, 0.4) is 0 Å². The average molecular weight is 473 g/mol. The minimum Gasteiger partial charge on any atom is -0.465 e. The van der Waals surface area contributed by atoms with Crippen LogP contribution in [-0.4, -0.2) is 61.9 Å². The number of carbonyl (C=O) groups is 2. The van der Waals surface area contributed by atoms with E-state index in [0.29, 0.717) is 22.8 Å². The van der Waals surface area contributed by atoms with Gasteiger partial charge in [0, 0.05) is 43.4 Å². The predicted octanol–water partition coefficient (Wildman–Crippen LogP) is 3.69. The number of hydrogen-bond acceptors (Lipinski definition) is 5. The van der Waals surface area contributed by atoms with Gasteiger partial charge in [-0.3, -0.25) is 9.69 Å². The van der Waals surface area contributed by atoms with E-state index >= 15 is 0 Å². The van der Waals surface area contributed by atoms with Crippen LogP contribution in [0, 0.1) is 11.7 Å². The first-order valence-electron chi connectivity index (χ1n) is 11.0. The number of aliphatic imine (C=N–C) groups is 1. The Bertz CT molecular complexity index is 1020. The highest BCUT2D eigenvalue weighted by Crippen LogP contribution is 2.29. The first kappa shape index (κ1) is 23.2. The van der Waals surface area contributed by atoms with Gasteiger partial charge in [0.05, 0.1) is 18.4 Å². The fraction of sp³-hybridized carbons (Fsp3) is 0.375. The number of hydrogen-bond donors (Lipinski definition) is 1. The van der Waals surface area contributed by atoms with E-state index in [-0.39, 0.29) is 12.4 Å². The number of nitrogens with one attached hydrogen (secondary N) is 1. The van der Waals surface area contributed by atoms with Crippen molar-refractivity contribution in [3.63, 3.8) is 0 Å². The van der Waals surface area contributed by atoms with Crippen LogP contribution in [0.2, 0.25) is 5.02 Å². The molecule has 0 radical (unpaired) electrons. The summed E-state index contributed by atoms with van der Waals surface area (Å²) < 4.78 is 18.8. The molecular formula is C24H26ClFN4O3. The molecule has 2 aliphatic heterocycles. The van der Waals surface area contributed by atoms with Gasteiger partial charge in [0.25, 0.3) is 0 Å². The lowest BCUT2D eigenvalue weighted by atomic mass is 9.87. The normalized spacial score (nSPS) is 21.4. The molecular weight excluding hydrogens is 447 g/mol. The lowest BCUT2D eigenvalue weighted by molar-refractivity contribution is -0.146. The monoisotopic (exact) mass is 472 g/mol. The zero-order valence-corrected chi connectivity index (χ0v) is 19.1. The van der Waals surface area contributed by atoms with Gasteiger partial charge < -0.3 is 15.0 Å². The number of nitrogens with zero attached hydrogens (tertiary/aromatic N) is 3. The van der Waals surface area contributed by atoms with Crippen molar-refractivity contribution in [3.05, 3.63) is 64.9 Å². The van der Waals surface area contributed by atoms with E-state index in [1.165, 1.54) is 12.1 Å². The quantitative estimate of drug-likeness (QED) is 0.649. The molecule has 33 heavy (non-hydrogen) atoms. The number of urea groups is 1. The van der Waals surface area contributed by atoms with Gasteiger partial charge in [-0.25, -0.2) is 14.2 Å². The molecule has 2 amide bonds. The SMILES string of the molecule is CCOC(=O)C1C(CN2CCN(c3ccc(Cl)cc3)CC2)=NC(=O)NC1c1ccc(F)cc1. The molecule has 0 bridgehead atoms. The van der Waals surface area contributed by atoms with Crippen molar-refractivity contribution in [3.8, 4) is 0 Å². The smallest absolute Gasteiger partial charge is 0.341 e. The summed E-state index contributed by atoms with van der Waals surface area (Å²) in [6.45, 7) is 5.42. The summed E-state index contributed by atoms with van der Waals surface area (Å²) in [5, 5.41) is 3.46. The second-order valence-electron chi connectivity index (χ2n) is 8.05. The highest BCUT2D eigenvalue weighted by atomic mass is 35.5. The zero-order valence-electron chi connectivity index (χ0n) is 18.3. The van der Waals surface area contributed by atoms with Crippen molar-refractivity contribution in [2.24, 2.45) is 10.9 Å². The number of piperazine rings is 1. The number of ether oxygens (including phenoxy) is 1. The van der Waals surface area contributed by atoms with Crippen molar-refractivity contribution < 1.29 is 18.7 Å². The molecule has 1 fully saturated rings. The summed E-state index contributed by atoms with van der Waals surface area (Å²) >= 11 is 5.99. The molecule has 174 valence electrons. The first-order chi connectivity index (χ1) is 15.9. The number of anilines is 1. The third kappa shape index (κ3) is 5.51. The molecule has 4 rings (SSSR count). The van der Waals surface area contributed by atoms with Crippen molar-refractivity contribution >= 4 is 35.0 Å². The molecule has 9 heteroatoms. The minimum absolute atomic E-state index is 0.215. The summed E-state index contributed by atoms with van der Waals surface area (Å²) in [4.78, 5) is 33.9. The van der Waals surface area contributed by atoms with Crippen LogP contribution in [0.5, 0.6) is 0 Å². The Kier molecular flexibility index (Phi) is 7.25. The number of carbonyl (C=O) groups excluding carboxylic acids is 2. The molecule has 0 aromatic heterocycles. The number of esters is 1. The van der Waals surface area contributed by atoms with Gasteiger partial charge in [-0.05, 0) is 48.9 Å². The van der Waals surface area contributed by atoms with E-state index in [0.717, 1.165) is 31.9 Å². The Hall–Kier alpha value is -2.97. The number of amides is 2.